The highest BCUT2D eigenvalue weighted by Crippen LogP contribution is 2.32. The largest absolute Gasteiger partial charge is 0.493 e. The molecule has 0 radical (unpaired) electrons. The first-order valence-corrected chi connectivity index (χ1v) is 14.8. The van der Waals surface area contributed by atoms with Gasteiger partial charge in [0.15, 0.2) is 11.5 Å². The van der Waals surface area contributed by atoms with Crippen LogP contribution in [0.4, 0.5) is 4.39 Å². The lowest BCUT2D eigenvalue weighted by Gasteiger charge is -2.41. The van der Waals surface area contributed by atoms with E-state index in [1.54, 1.807) is 14.2 Å². The van der Waals surface area contributed by atoms with Gasteiger partial charge in [0.1, 0.15) is 5.82 Å². The quantitative estimate of drug-likeness (QED) is 0.325. The summed E-state index contributed by atoms with van der Waals surface area (Å²) in [5.74, 6) is 1.27. The van der Waals surface area contributed by atoms with E-state index in [4.69, 9.17) is 9.47 Å². The van der Waals surface area contributed by atoms with Crippen molar-refractivity contribution in [3.05, 3.63) is 94.8 Å². The van der Waals surface area contributed by atoms with Crippen LogP contribution in [0.1, 0.15) is 59.2 Å². The van der Waals surface area contributed by atoms with E-state index in [0.717, 1.165) is 68.4 Å². The van der Waals surface area contributed by atoms with Crippen molar-refractivity contribution in [2.45, 2.75) is 57.8 Å². The number of carbonyl (C=O) groups is 2. The molecule has 0 atom stereocenters. The van der Waals surface area contributed by atoms with E-state index in [1.165, 1.54) is 12.1 Å². The van der Waals surface area contributed by atoms with Gasteiger partial charge in [-0.1, -0.05) is 36.8 Å². The maximum absolute atomic E-state index is 13.5. The Labute approximate surface area is 247 Å². The lowest BCUT2D eigenvalue weighted by molar-refractivity contribution is -0.142. The molecule has 2 amide bonds. The number of amides is 2. The third-order valence-corrected chi connectivity index (χ3v) is 8.52. The predicted octanol–water partition coefficient (Wildman–Crippen LogP) is 5.57. The van der Waals surface area contributed by atoms with Crippen LogP contribution < -0.4 is 14.8 Å². The molecule has 1 saturated carbocycles. The number of nitrogens with one attached hydrogen (secondary N) is 1. The van der Waals surface area contributed by atoms with Crippen molar-refractivity contribution in [1.29, 1.82) is 0 Å². The van der Waals surface area contributed by atoms with Gasteiger partial charge in [0.2, 0.25) is 5.91 Å². The van der Waals surface area contributed by atoms with E-state index in [1.807, 2.05) is 54.6 Å². The summed E-state index contributed by atoms with van der Waals surface area (Å²) >= 11 is 0. The highest BCUT2D eigenvalue weighted by atomic mass is 19.1. The van der Waals surface area contributed by atoms with Crippen LogP contribution >= 0.6 is 0 Å². The van der Waals surface area contributed by atoms with Crippen LogP contribution in [-0.4, -0.2) is 55.0 Å². The van der Waals surface area contributed by atoms with Crippen LogP contribution in [0.2, 0.25) is 0 Å². The summed E-state index contributed by atoms with van der Waals surface area (Å²) in [7, 11) is 3.17. The molecule has 1 aliphatic heterocycles. The Morgan fingerprint density at radius 2 is 1.50 bits per heavy atom. The normalized spacial score (nSPS) is 16.0. The van der Waals surface area contributed by atoms with E-state index < -0.39 is 0 Å². The number of ether oxygens (including phenoxy) is 2. The molecule has 2 fully saturated rings. The minimum Gasteiger partial charge on any atom is -0.493 e. The second kappa shape index (κ2) is 13.8. The van der Waals surface area contributed by atoms with Gasteiger partial charge in [-0.05, 0) is 78.8 Å². The number of rotatable bonds is 11. The number of piperidine rings is 1. The number of benzene rings is 3. The van der Waals surface area contributed by atoms with Crippen LogP contribution in [0.3, 0.4) is 0 Å². The Morgan fingerprint density at radius 1 is 0.857 bits per heavy atom. The standard InChI is InChI=1S/C34H40FN3O4/c1-41-31-15-10-26(20-32(31)42-2)21-36-33(39)27-11-6-25(7-12-27)23-38(34(40)28-4-3-5-28)30-16-18-37(19-17-30)22-24-8-13-29(35)14-9-24/h6-15,20,28,30H,3-5,16-19,21-23H2,1-2H3,(H,36,39). The molecule has 8 heteroatoms. The second-order valence-corrected chi connectivity index (χ2v) is 11.3. The molecule has 0 spiro atoms. The fraction of sp³-hybridized carbons (Fsp3) is 0.412. The summed E-state index contributed by atoms with van der Waals surface area (Å²) in [6, 6.07) is 20.0. The molecule has 0 unspecified atom stereocenters. The minimum absolute atomic E-state index is 0.129. The Bertz CT molecular complexity index is 1350. The van der Waals surface area contributed by atoms with Gasteiger partial charge in [-0.15, -0.1) is 0 Å². The van der Waals surface area contributed by atoms with Crippen LogP contribution in [0.25, 0.3) is 0 Å². The number of nitrogens with zero attached hydrogens (tertiary/aromatic N) is 2. The highest BCUT2D eigenvalue weighted by Gasteiger charge is 2.34. The van der Waals surface area contributed by atoms with Crippen molar-refractivity contribution in [2.24, 2.45) is 5.92 Å². The lowest BCUT2D eigenvalue weighted by Crippen LogP contribution is -2.49. The Hall–Kier alpha value is -3.91. The van der Waals surface area contributed by atoms with Gasteiger partial charge in [0.25, 0.3) is 5.91 Å². The topological polar surface area (TPSA) is 71.1 Å². The van der Waals surface area contributed by atoms with Gasteiger partial charge in [-0.2, -0.15) is 0 Å². The summed E-state index contributed by atoms with van der Waals surface area (Å²) in [6.45, 7) is 3.50. The number of methoxy groups -OCH3 is 2. The average Bonchev–Trinajstić information content (AvgIpc) is 2.99. The Balaban J connectivity index is 1.18. The molecular weight excluding hydrogens is 533 g/mol. The molecule has 3 aromatic carbocycles. The molecule has 0 bridgehead atoms. The van der Waals surface area contributed by atoms with Gasteiger partial charge in [-0.25, -0.2) is 4.39 Å². The molecule has 1 saturated heterocycles. The molecule has 0 aromatic heterocycles. The second-order valence-electron chi connectivity index (χ2n) is 11.3. The van der Waals surface area contributed by atoms with Crippen molar-refractivity contribution in [3.8, 4) is 11.5 Å². The van der Waals surface area contributed by atoms with E-state index >= 15 is 0 Å². The minimum atomic E-state index is -0.217. The molecule has 2 aliphatic rings. The number of halogens is 1. The van der Waals surface area contributed by atoms with Gasteiger partial charge in [0, 0.05) is 50.2 Å². The fourth-order valence-electron chi connectivity index (χ4n) is 5.75. The number of carbonyl (C=O) groups excluding carboxylic acids is 2. The number of hydrogen-bond acceptors (Lipinski definition) is 5. The molecule has 222 valence electrons. The molecule has 42 heavy (non-hydrogen) atoms. The molecular formula is C34H40FN3O4. The van der Waals surface area contributed by atoms with Crippen LogP contribution in [0, 0.1) is 11.7 Å². The van der Waals surface area contributed by atoms with E-state index in [2.05, 4.69) is 15.1 Å². The summed E-state index contributed by atoms with van der Waals surface area (Å²) in [6.07, 6.45) is 4.88. The average molecular weight is 574 g/mol. The van der Waals surface area contributed by atoms with Crippen LogP contribution in [0.5, 0.6) is 11.5 Å². The van der Waals surface area contributed by atoms with Gasteiger partial charge < -0.3 is 19.7 Å². The van der Waals surface area contributed by atoms with Gasteiger partial charge >= 0.3 is 0 Å². The molecule has 3 aromatic rings. The zero-order chi connectivity index (χ0) is 29.5. The predicted molar refractivity (Wildman–Crippen MR) is 160 cm³/mol. The first-order chi connectivity index (χ1) is 20.4. The van der Waals surface area contributed by atoms with Crippen molar-refractivity contribution in [1.82, 2.24) is 15.1 Å². The van der Waals surface area contributed by atoms with Crippen LogP contribution in [-0.2, 0) is 24.4 Å². The SMILES string of the molecule is COc1ccc(CNC(=O)c2ccc(CN(C(=O)C3CCC3)C3CCN(Cc4ccc(F)cc4)CC3)cc2)cc1OC. The monoisotopic (exact) mass is 573 g/mol. The zero-order valence-corrected chi connectivity index (χ0v) is 24.5. The van der Waals surface area contributed by atoms with E-state index in [0.29, 0.717) is 30.2 Å². The number of likely N-dealkylation sites (tertiary alicyclic amines) is 1. The van der Waals surface area contributed by atoms with Crippen molar-refractivity contribution < 1.29 is 23.5 Å². The molecule has 1 heterocycles. The molecule has 1 N–H and O–H groups in total. The van der Waals surface area contributed by atoms with Crippen molar-refractivity contribution in [2.75, 3.05) is 27.3 Å². The van der Waals surface area contributed by atoms with Gasteiger partial charge in [0.05, 0.1) is 14.2 Å². The summed E-state index contributed by atoms with van der Waals surface area (Å²) in [5, 5.41) is 2.97. The Morgan fingerprint density at radius 3 is 2.12 bits per heavy atom. The smallest absolute Gasteiger partial charge is 0.251 e. The third-order valence-electron chi connectivity index (χ3n) is 8.52. The number of hydrogen-bond donors (Lipinski definition) is 1. The first-order valence-electron chi connectivity index (χ1n) is 14.8. The van der Waals surface area contributed by atoms with Gasteiger partial charge in [-0.3, -0.25) is 14.5 Å². The summed E-state index contributed by atoms with van der Waals surface area (Å²) in [5.41, 5.74) is 3.61. The highest BCUT2D eigenvalue weighted by molar-refractivity contribution is 5.94. The van der Waals surface area contributed by atoms with Crippen LogP contribution in [0.15, 0.2) is 66.7 Å². The Kier molecular flexibility index (Phi) is 9.74. The molecule has 1 aliphatic carbocycles. The third kappa shape index (κ3) is 7.29. The maximum Gasteiger partial charge on any atom is 0.251 e. The fourth-order valence-corrected chi connectivity index (χ4v) is 5.75. The van der Waals surface area contributed by atoms with Crippen molar-refractivity contribution in [3.63, 3.8) is 0 Å². The van der Waals surface area contributed by atoms with E-state index in [9.17, 15) is 14.0 Å². The van der Waals surface area contributed by atoms with E-state index in [-0.39, 0.29) is 29.6 Å². The lowest BCUT2D eigenvalue weighted by atomic mass is 9.83. The molecule has 5 rings (SSSR count). The maximum atomic E-state index is 13.5. The summed E-state index contributed by atoms with van der Waals surface area (Å²) in [4.78, 5) is 30.8. The van der Waals surface area contributed by atoms with Crippen molar-refractivity contribution >= 4 is 11.8 Å². The molecule has 7 nitrogen and oxygen atoms in total. The first kappa shape index (κ1) is 29.6. The zero-order valence-electron chi connectivity index (χ0n) is 24.5. The summed E-state index contributed by atoms with van der Waals surface area (Å²) < 4.78 is 23.9.